The molecule has 110 valence electrons. The van der Waals surface area contributed by atoms with Gasteiger partial charge in [0.1, 0.15) is 12.4 Å². The van der Waals surface area contributed by atoms with Gasteiger partial charge < -0.3 is 10.1 Å². The van der Waals surface area contributed by atoms with Crippen LogP contribution in [-0.2, 0) is 11.2 Å². The quantitative estimate of drug-likeness (QED) is 0.831. The average molecular weight is 304 g/mol. The molecular formula is C17H18ClNO2. The highest BCUT2D eigenvalue weighted by Gasteiger charge is 2.05. The maximum atomic E-state index is 11.8. The van der Waals surface area contributed by atoms with Gasteiger partial charge in [-0.15, -0.1) is 0 Å². The molecule has 2 aromatic rings. The van der Waals surface area contributed by atoms with Gasteiger partial charge in [-0.1, -0.05) is 41.9 Å². The Labute approximate surface area is 129 Å². The minimum Gasteiger partial charge on any atom is -0.492 e. The molecule has 0 aromatic heterocycles. The van der Waals surface area contributed by atoms with Gasteiger partial charge in [0.15, 0.2) is 0 Å². The molecule has 3 nitrogen and oxygen atoms in total. The Kier molecular flexibility index (Phi) is 5.64. The molecule has 21 heavy (non-hydrogen) atoms. The number of rotatable bonds is 6. The number of hydrogen-bond donors (Lipinski definition) is 1. The number of aryl methyl sites for hydroxylation is 1. The van der Waals surface area contributed by atoms with Crippen molar-refractivity contribution in [1.29, 1.82) is 0 Å². The Hall–Kier alpha value is -2.00. The minimum absolute atomic E-state index is 0.0593. The fraction of sp³-hybridized carbons (Fsp3) is 0.235. The molecule has 0 bridgehead atoms. The second-order valence-electron chi connectivity index (χ2n) is 4.78. The maximum absolute atomic E-state index is 11.8. The van der Waals surface area contributed by atoms with Gasteiger partial charge in [-0.2, -0.15) is 0 Å². The number of hydrogen-bond acceptors (Lipinski definition) is 2. The van der Waals surface area contributed by atoms with Crippen LogP contribution in [0.3, 0.4) is 0 Å². The van der Waals surface area contributed by atoms with E-state index in [0.717, 1.165) is 16.9 Å². The lowest BCUT2D eigenvalue weighted by molar-refractivity contribution is -0.120. The molecule has 0 saturated carbocycles. The first-order chi connectivity index (χ1) is 10.1. The second kappa shape index (κ2) is 7.70. The highest BCUT2D eigenvalue weighted by Crippen LogP contribution is 2.15. The van der Waals surface area contributed by atoms with Gasteiger partial charge in [0.25, 0.3) is 0 Å². The highest BCUT2D eigenvalue weighted by molar-refractivity contribution is 6.31. The predicted molar refractivity (Wildman–Crippen MR) is 84.8 cm³/mol. The number of carbonyl (C=O) groups excluding carboxylic acids is 1. The van der Waals surface area contributed by atoms with Crippen LogP contribution in [-0.4, -0.2) is 19.1 Å². The Morgan fingerprint density at radius 3 is 2.76 bits per heavy atom. The summed E-state index contributed by atoms with van der Waals surface area (Å²) in [4.78, 5) is 11.8. The van der Waals surface area contributed by atoms with Crippen LogP contribution in [0.2, 0.25) is 5.02 Å². The number of carbonyl (C=O) groups is 1. The zero-order chi connectivity index (χ0) is 15.1. The van der Waals surface area contributed by atoms with Crippen molar-refractivity contribution in [2.24, 2.45) is 0 Å². The van der Waals surface area contributed by atoms with Crippen molar-refractivity contribution in [3.05, 3.63) is 64.7 Å². The van der Waals surface area contributed by atoms with Gasteiger partial charge in [0.05, 0.1) is 13.0 Å². The summed E-state index contributed by atoms with van der Waals surface area (Å²) in [6.45, 7) is 2.92. The van der Waals surface area contributed by atoms with Crippen molar-refractivity contribution in [3.8, 4) is 5.75 Å². The third kappa shape index (κ3) is 5.12. The van der Waals surface area contributed by atoms with Gasteiger partial charge in [0, 0.05) is 5.02 Å². The average Bonchev–Trinajstić information content (AvgIpc) is 2.46. The van der Waals surface area contributed by atoms with E-state index in [-0.39, 0.29) is 12.3 Å². The molecule has 0 saturated heterocycles. The van der Waals surface area contributed by atoms with Crippen molar-refractivity contribution in [3.63, 3.8) is 0 Å². The highest BCUT2D eigenvalue weighted by atomic mass is 35.5. The van der Waals surface area contributed by atoms with Crippen molar-refractivity contribution < 1.29 is 9.53 Å². The molecule has 1 N–H and O–H groups in total. The largest absolute Gasteiger partial charge is 0.492 e. The first kappa shape index (κ1) is 15.4. The summed E-state index contributed by atoms with van der Waals surface area (Å²) in [5.41, 5.74) is 1.98. The third-order valence-corrected chi connectivity index (χ3v) is 3.36. The van der Waals surface area contributed by atoms with E-state index in [1.54, 1.807) is 6.07 Å². The van der Waals surface area contributed by atoms with Crippen molar-refractivity contribution in [2.45, 2.75) is 13.3 Å². The molecule has 0 radical (unpaired) electrons. The number of amides is 1. The predicted octanol–water partition coefficient (Wildman–Crippen LogP) is 3.39. The summed E-state index contributed by atoms with van der Waals surface area (Å²) >= 11 is 6.02. The van der Waals surface area contributed by atoms with E-state index >= 15 is 0 Å². The van der Waals surface area contributed by atoms with Gasteiger partial charge in [-0.25, -0.2) is 0 Å². The van der Waals surface area contributed by atoms with Crippen molar-refractivity contribution in [2.75, 3.05) is 13.2 Å². The molecule has 4 heteroatoms. The third-order valence-electron chi connectivity index (χ3n) is 2.99. The van der Waals surface area contributed by atoms with Gasteiger partial charge in [-0.05, 0) is 36.2 Å². The van der Waals surface area contributed by atoms with E-state index in [0.29, 0.717) is 18.2 Å². The zero-order valence-corrected chi connectivity index (χ0v) is 12.7. The molecule has 0 aliphatic rings. The lowest BCUT2D eigenvalue weighted by atomic mass is 10.1. The lowest BCUT2D eigenvalue weighted by Crippen LogP contribution is -2.29. The van der Waals surface area contributed by atoms with E-state index in [4.69, 9.17) is 16.3 Å². The maximum Gasteiger partial charge on any atom is 0.224 e. The Morgan fingerprint density at radius 2 is 2.00 bits per heavy atom. The minimum atomic E-state index is -0.0593. The number of benzene rings is 2. The van der Waals surface area contributed by atoms with Crippen LogP contribution in [0, 0.1) is 6.92 Å². The van der Waals surface area contributed by atoms with Crippen LogP contribution in [0.1, 0.15) is 11.1 Å². The van der Waals surface area contributed by atoms with Crippen LogP contribution >= 0.6 is 11.6 Å². The molecule has 0 aliphatic heterocycles. The number of ether oxygens (including phenoxy) is 1. The Morgan fingerprint density at radius 1 is 1.19 bits per heavy atom. The van der Waals surface area contributed by atoms with Crippen molar-refractivity contribution in [1.82, 2.24) is 5.32 Å². The van der Waals surface area contributed by atoms with Crippen LogP contribution in [0.5, 0.6) is 5.75 Å². The fourth-order valence-corrected chi connectivity index (χ4v) is 2.14. The number of halogens is 1. The van der Waals surface area contributed by atoms with Crippen LogP contribution < -0.4 is 10.1 Å². The smallest absolute Gasteiger partial charge is 0.224 e. The van der Waals surface area contributed by atoms with E-state index in [2.05, 4.69) is 5.32 Å². The van der Waals surface area contributed by atoms with E-state index < -0.39 is 0 Å². The van der Waals surface area contributed by atoms with Crippen LogP contribution in [0.4, 0.5) is 0 Å². The molecule has 1 amide bonds. The molecule has 0 heterocycles. The van der Waals surface area contributed by atoms with Crippen molar-refractivity contribution >= 4 is 17.5 Å². The van der Waals surface area contributed by atoms with E-state index in [9.17, 15) is 4.79 Å². The monoisotopic (exact) mass is 303 g/mol. The summed E-state index contributed by atoms with van der Waals surface area (Å²) < 4.78 is 5.57. The number of nitrogens with one attached hydrogen (secondary N) is 1. The van der Waals surface area contributed by atoms with E-state index in [1.165, 1.54) is 0 Å². The van der Waals surface area contributed by atoms with Gasteiger partial charge >= 0.3 is 0 Å². The van der Waals surface area contributed by atoms with Gasteiger partial charge in [-0.3, -0.25) is 4.79 Å². The lowest BCUT2D eigenvalue weighted by Gasteiger charge is -2.09. The van der Waals surface area contributed by atoms with Crippen LogP contribution in [0.15, 0.2) is 48.5 Å². The van der Waals surface area contributed by atoms with Gasteiger partial charge in [0.2, 0.25) is 5.91 Å². The summed E-state index contributed by atoms with van der Waals surface area (Å²) in [5.74, 6) is 0.756. The topological polar surface area (TPSA) is 38.3 Å². The summed E-state index contributed by atoms with van der Waals surface area (Å²) in [6.07, 6.45) is 0.282. The first-order valence-corrected chi connectivity index (χ1v) is 7.22. The Balaban J connectivity index is 1.71. The van der Waals surface area contributed by atoms with E-state index in [1.807, 2.05) is 49.4 Å². The summed E-state index contributed by atoms with van der Waals surface area (Å²) in [6, 6.07) is 15.2. The molecule has 2 aromatic carbocycles. The summed E-state index contributed by atoms with van der Waals surface area (Å²) in [5, 5.41) is 3.44. The first-order valence-electron chi connectivity index (χ1n) is 6.85. The molecule has 2 rings (SSSR count). The molecule has 0 fully saturated rings. The second-order valence-corrected chi connectivity index (χ2v) is 5.19. The molecular weight excluding hydrogens is 286 g/mol. The molecule has 0 aliphatic carbocycles. The Bertz CT molecular complexity index is 613. The molecule has 0 atom stereocenters. The SMILES string of the molecule is Cc1cccc(OCCNC(=O)Cc2ccccc2Cl)c1. The standard InChI is InChI=1S/C17H18ClNO2/c1-13-5-4-7-15(11-13)21-10-9-19-17(20)12-14-6-2-3-8-16(14)18/h2-8,11H,9-10,12H2,1H3,(H,19,20). The zero-order valence-electron chi connectivity index (χ0n) is 11.9. The summed E-state index contributed by atoms with van der Waals surface area (Å²) in [7, 11) is 0. The molecule has 0 unspecified atom stereocenters. The van der Waals surface area contributed by atoms with Crippen LogP contribution in [0.25, 0.3) is 0 Å². The normalized spacial score (nSPS) is 10.2. The fourth-order valence-electron chi connectivity index (χ4n) is 1.94. The molecule has 0 spiro atoms.